The summed E-state index contributed by atoms with van der Waals surface area (Å²) < 4.78 is 149. The molecule has 61 heavy (non-hydrogen) atoms. The fraction of sp³-hybridized carbons (Fsp3) is 1.00. The van der Waals surface area contributed by atoms with Gasteiger partial charge in [0, 0.05) is 21.7 Å². The summed E-state index contributed by atoms with van der Waals surface area (Å²) >= 11 is 0. The molecular formula is C32H50CuN8Na4O12S4. The maximum absolute atomic E-state index is 12.8. The van der Waals surface area contributed by atoms with E-state index in [1.165, 1.54) is 0 Å². The molecule has 1 radical (unpaired) electrons. The van der Waals surface area contributed by atoms with E-state index >= 15 is 0 Å². The first-order valence-corrected chi connectivity index (χ1v) is 25.9. The van der Waals surface area contributed by atoms with Crippen molar-refractivity contribution in [1.29, 1.82) is 0 Å². The van der Waals surface area contributed by atoms with Gasteiger partial charge in [-0.3, -0.25) is 10.6 Å². The van der Waals surface area contributed by atoms with Gasteiger partial charge >= 0.3 is 135 Å². The van der Waals surface area contributed by atoms with Crippen molar-refractivity contribution in [3.8, 4) is 0 Å². The number of hydrogen-bond donors (Lipinski definition) is 6. The van der Waals surface area contributed by atoms with E-state index in [1.54, 1.807) is 0 Å². The third-order valence-electron chi connectivity index (χ3n) is 15.3. The molecule has 8 bridgehead atoms. The smallest absolute Gasteiger partial charge is 0.748 e. The van der Waals surface area contributed by atoms with Crippen LogP contribution in [0.3, 0.4) is 0 Å². The van der Waals surface area contributed by atoms with E-state index in [9.17, 15) is 51.9 Å². The molecule has 9 rings (SSSR count). The zero-order valence-corrected chi connectivity index (χ0v) is 47.0. The monoisotopic (exact) mass is 1020 g/mol. The summed E-state index contributed by atoms with van der Waals surface area (Å²) in [4.78, 5) is 0. The number of nitrogens with zero attached hydrogens (tertiary/aromatic N) is 2. The van der Waals surface area contributed by atoms with Crippen molar-refractivity contribution in [1.82, 2.24) is 31.9 Å². The molecule has 9 fully saturated rings. The molecule has 4 saturated carbocycles. The molecule has 20 nitrogen and oxygen atoms in total. The standard InChI is InChI=1S/C32H54N8O12S4.Cu.4Na/c41-53(42,43)13-4-7-16-20(10-13)29-33-25(16)35-30-22-12-15(55(47,48)49)6-9-18(22)27(37-30)39-32-24-19(2-1-3-23(24)56(50,51)52)28(40-32)38-31-21-11-14(54(44,45)46)5-8-17(21)26(34-29)36-31;;;;;/h13-35,38-40H,1-12H2,(H,41,42,43)(H,44,45,46)(H,47,48,49)(H,50,51,52);;;;;/q-2;+2;4*+1/p-4. The summed E-state index contributed by atoms with van der Waals surface area (Å²) in [7, 11) is -18.6. The molecule has 0 spiro atoms. The van der Waals surface area contributed by atoms with Crippen molar-refractivity contribution in [2.24, 2.45) is 47.3 Å². The Morgan fingerprint density at radius 3 is 1.18 bits per heavy atom. The Morgan fingerprint density at radius 2 is 0.738 bits per heavy atom. The van der Waals surface area contributed by atoms with E-state index in [0.717, 1.165) is 0 Å². The maximum atomic E-state index is 12.8. The average molecular weight is 1020 g/mol. The molecule has 6 N–H and O–H groups in total. The van der Waals surface area contributed by atoms with E-state index in [-0.39, 0.29) is 210 Å². The molecule has 4 aliphatic carbocycles. The summed E-state index contributed by atoms with van der Waals surface area (Å²) in [5.41, 5.74) is 0. The van der Waals surface area contributed by atoms with Gasteiger partial charge in [-0.2, -0.15) is 0 Å². The fourth-order valence-electron chi connectivity index (χ4n) is 12.8. The van der Waals surface area contributed by atoms with Crippen LogP contribution in [0.5, 0.6) is 0 Å². The van der Waals surface area contributed by atoms with Crippen LogP contribution in [0.25, 0.3) is 10.6 Å². The topological polar surface area (TPSA) is 329 Å². The normalized spacial score (nSPS) is 46.9. The van der Waals surface area contributed by atoms with E-state index in [2.05, 4.69) is 31.9 Å². The molecule has 0 aromatic heterocycles. The average Bonchev–Trinajstić information content (AvgIpc) is 3.84. The molecule has 329 valence electrons. The Kier molecular flexibility index (Phi) is 20.4. The summed E-state index contributed by atoms with van der Waals surface area (Å²) in [6.07, 6.45) is -1.79. The third kappa shape index (κ3) is 11.6. The van der Waals surface area contributed by atoms with Gasteiger partial charge in [0.2, 0.25) is 0 Å². The number of nitrogens with one attached hydrogen (secondary N) is 6. The minimum absolute atomic E-state index is 0. The van der Waals surface area contributed by atoms with Crippen LogP contribution in [0.2, 0.25) is 0 Å². The Hall–Kier alpha value is 3.84. The molecule has 0 aromatic rings. The number of rotatable bonds is 4. The van der Waals surface area contributed by atoms with E-state index in [4.69, 9.17) is 10.6 Å². The van der Waals surface area contributed by atoms with Gasteiger partial charge in [0.25, 0.3) is 0 Å². The Balaban J connectivity index is 0.00000164. The van der Waals surface area contributed by atoms with Crippen LogP contribution in [0.1, 0.15) is 77.0 Å². The molecule has 5 aliphatic heterocycles. The molecule has 20 atom stereocenters. The third-order valence-corrected chi connectivity index (χ3v) is 20.3. The molecular weight excluding hydrogens is 972 g/mol. The van der Waals surface area contributed by atoms with Crippen molar-refractivity contribution < 1.29 is 187 Å². The zero-order valence-electron chi connectivity index (χ0n) is 34.8. The molecule has 5 heterocycles. The van der Waals surface area contributed by atoms with Crippen LogP contribution in [0.15, 0.2) is 0 Å². The minimum atomic E-state index is -4.74. The largest absolute Gasteiger partial charge is 2.00 e. The summed E-state index contributed by atoms with van der Waals surface area (Å²) in [6.45, 7) is 0. The van der Waals surface area contributed by atoms with Gasteiger partial charge in [-0.1, -0.05) is 31.1 Å². The van der Waals surface area contributed by atoms with Gasteiger partial charge < -0.3 is 50.1 Å². The molecule has 5 saturated heterocycles. The van der Waals surface area contributed by atoms with Crippen molar-refractivity contribution in [3.05, 3.63) is 10.6 Å². The number of fused-ring (bicyclic) bond motifs is 20. The van der Waals surface area contributed by atoms with Crippen molar-refractivity contribution in [2.75, 3.05) is 0 Å². The second-order valence-corrected chi connectivity index (χ2v) is 24.5. The van der Waals surface area contributed by atoms with Crippen molar-refractivity contribution in [3.63, 3.8) is 0 Å². The minimum Gasteiger partial charge on any atom is -0.748 e. The first-order chi connectivity index (χ1) is 26.2. The van der Waals surface area contributed by atoms with Gasteiger partial charge in [0.05, 0.1) is 70.4 Å². The second kappa shape index (κ2) is 21.7. The molecule has 20 unspecified atom stereocenters. The van der Waals surface area contributed by atoms with Crippen molar-refractivity contribution >= 4 is 40.5 Å². The number of hydrogen-bond acceptors (Lipinski definition) is 18. The van der Waals surface area contributed by atoms with Gasteiger partial charge in [-0.05, 0) is 112 Å². The van der Waals surface area contributed by atoms with Gasteiger partial charge in [0.1, 0.15) is 0 Å². The van der Waals surface area contributed by atoms with Crippen molar-refractivity contribution in [2.45, 2.75) is 147 Å². The molecule has 0 amide bonds. The van der Waals surface area contributed by atoms with Crippen LogP contribution in [-0.2, 0) is 57.5 Å². The Bertz CT molecular complexity index is 1980. The van der Waals surface area contributed by atoms with Gasteiger partial charge in [-0.25, -0.2) is 33.7 Å². The van der Waals surface area contributed by atoms with Crippen LogP contribution in [0, 0.1) is 47.3 Å². The molecule has 9 aliphatic rings. The first-order valence-electron chi connectivity index (χ1n) is 20.0. The summed E-state index contributed by atoms with van der Waals surface area (Å²) in [6, 6.07) is 0. The maximum Gasteiger partial charge on any atom is 2.00 e. The predicted molar refractivity (Wildman–Crippen MR) is 193 cm³/mol. The fourth-order valence-corrected chi connectivity index (χ4v) is 16.6. The van der Waals surface area contributed by atoms with Gasteiger partial charge in [-0.15, -0.1) is 0 Å². The second-order valence-electron chi connectivity index (χ2n) is 18.0. The molecule has 0 aromatic carbocycles. The van der Waals surface area contributed by atoms with E-state index < -0.39 is 129 Å². The SMILES string of the molecule is O=S(=O)([O-])C1CCC2C3[N-]C(NC4NC(NC5[N-]C(NC6NC(N3)C3C6CCCC3S(=O)(=O)[O-])C3CC(S(=O)(=O)[O-])CCC53)C3CC(S(=O)(=O)[O-])CCC43)C2C1.[Cu+2].[Na+].[Na+].[Na+].[Na+]. The molecule has 29 heteroatoms. The van der Waals surface area contributed by atoms with E-state index in [1.807, 2.05) is 0 Å². The Labute approximate surface area is 458 Å². The van der Waals surface area contributed by atoms with Crippen LogP contribution >= 0.6 is 0 Å². The quantitative estimate of drug-likeness (QED) is 0.113. The summed E-state index contributed by atoms with van der Waals surface area (Å²) in [5, 5.41) is 27.2. The van der Waals surface area contributed by atoms with Crippen LogP contribution in [-0.4, -0.2) is 122 Å². The van der Waals surface area contributed by atoms with Crippen LogP contribution in [0.4, 0.5) is 0 Å². The van der Waals surface area contributed by atoms with E-state index in [0.29, 0.717) is 32.1 Å². The Morgan fingerprint density at radius 1 is 0.377 bits per heavy atom. The predicted octanol–water partition coefficient (Wildman–Crippen LogP) is -13.7. The van der Waals surface area contributed by atoms with Crippen LogP contribution < -0.4 is 150 Å². The van der Waals surface area contributed by atoms with Gasteiger partial charge in [0.15, 0.2) is 0 Å². The summed E-state index contributed by atoms with van der Waals surface area (Å²) in [5.74, 6) is -2.80. The first kappa shape index (κ1) is 57.4. The zero-order chi connectivity index (χ0) is 39.7.